The molecular weight excluding hydrogens is 421 g/mol. The van der Waals surface area contributed by atoms with E-state index in [1.165, 1.54) is 42.2 Å². The summed E-state index contributed by atoms with van der Waals surface area (Å²) in [5.74, 6) is -2.73. The molecule has 2 N–H and O–H groups in total. The lowest BCUT2D eigenvalue weighted by Gasteiger charge is -2.27. The highest BCUT2D eigenvalue weighted by Crippen LogP contribution is 2.43. The second kappa shape index (κ2) is 8.14. The quantitative estimate of drug-likeness (QED) is 0.711. The molecule has 2 aromatic carbocycles. The van der Waals surface area contributed by atoms with Gasteiger partial charge in [-0.05, 0) is 48.9 Å². The zero-order valence-electron chi connectivity index (χ0n) is 15.1. The van der Waals surface area contributed by atoms with Gasteiger partial charge < -0.3 is 14.9 Å². The summed E-state index contributed by atoms with van der Waals surface area (Å²) in [7, 11) is 0. The molecule has 1 atom stereocenters. The van der Waals surface area contributed by atoms with Gasteiger partial charge in [-0.25, -0.2) is 4.79 Å². The van der Waals surface area contributed by atoms with Crippen molar-refractivity contribution in [1.29, 1.82) is 0 Å². The normalized spacial score (nSPS) is 16.3. The number of aliphatic hydroxyl groups is 1. The number of anilines is 1. The number of carbonyl (C=O) groups excluding carboxylic acids is 2. The second-order valence-electron chi connectivity index (χ2n) is 6.24. The third kappa shape index (κ3) is 4.06. The van der Waals surface area contributed by atoms with E-state index in [2.05, 4.69) is 0 Å². The molecule has 1 aliphatic heterocycles. The number of nitrogens with zero attached hydrogens (tertiary/aromatic N) is 1. The molecule has 0 bridgehead atoms. The smallest absolute Gasteiger partial charge is 0.341 e. The molecule has 1 aliphatic rings. The molecule has 0 saturated heterocycles. The summed E-state index contributed by atoms with van der Waals surface area (Å²) in [5, 5.41) is 19.6. The average Bonchev–Trinajstić information content (AvgIpc) is 2.91. The monoisotopic (exact) mass is 435 g/mol. The molecule has 150 valence electrons. The Hall–Kier alpha value is -3.03. The number of hydrogen-bond donors (Lipinski definition) is 2. The Labute approximate surface area is 175 Å². The molecule has 1 amide bonds. The maximum Gasteiger partial charge on any atom is 0.341 e. The summed E-state index contributed by atoms with van der Waals surface area (Å²) in [6.45, 7) is 0.740. The second-order valence-corrected chi connectivity index (χ2v) is 7.08. The fourth-order valence-corrected chi connectivity index (χ4v) is 3.61. The molecule has 0 aliphatic carbocycles. The highest BCUT2D eigenvalue weighted by molar-refractivity contribution is 6.35. The van der Waals surface area contributed by atoms with Crippen molar-refractivity contribution in [2.24, 2.45) is 0 Å². The summed E-state index contributed by atoms with van der Waals surface area (Å²) in [6, 6.07) is 9.68. The van der Waals surface area contributed by atoms with Crippen LogP contribution in [0.2, 0.25) is 10.0 Å². The van der Waals surface area contributed by atoms with Gasteiger partial charge in [-0.2, -0.15) is 0 Å². The lowest BCUT2D eigenvalue weighted by atomic mass is 9.96. The Morgan fingerprint density at radius 2 is 1.79 bits per heavy atom. The van der Waals surface area contributed by atoms with Crippen LogP contribution in [0.15, 0.2) is 53.8 Å². The first-order valence-electron chi connectivity index (χ1n) is 8.38. The first-order chi connectivity index (χ1) is 13.7. The molecule has 0 saturated carbocycles. The van der Waals surface area contributed by atoms with Gasteiger partial charge in [-0.15, -0.1) is 0 Å². The fourth-order valence-electron chi connectivity index (χ4n) is 3.10. The molecular formula is C20H15Cl2NO6. The van der Waals surface area contributed by atoms with Crippen LogP contribution in [0.25, 0.3) is 0 Å². The minimum Gasteiger partial charge on any atom is -0.503 e. The van der Waals surface area contributed by atoms with Crippen molar-refractivity contribution >= 4 is 46.5 Å². The predicted octanol–water partition coefficient (Wildman–Crippen LogP) is 3.95. The van der Waals surface area contributed by atoms with E-state index in [1.54, 1.807) is 12.1 Å². The topological polar surface area (TPSA) is 104 Å². The number of carboxylic acid groups (broad SMARTS) is 1. The number of aliphatic carboxylic acids is 1. The Kier molecular flexibility index (Phi) is 5.81. The van der Waals surface area contributed by atoms with E-state index in [0.717, 1.165) is 0 Å². The maximum atomic E-state index is 12.8. The average molecular weight is 436 g/mol. The van der Waals surface area contributed by atoms with E-state index in [1.807, 2.05) is 0 Å². The van der Waals surface area contributed by atoms with E-state index in [0.29, 0.717) is 16.3 Å². The van der Waals surface area contributed by atoms with Gasteiger partial charge in [0.15, 0.2) is 18.1 Å². The van der Waals surface area contributed by atoms with Gasteiger partial charge in [0.2, 0.25) is 0 Å². The first kappa shape index (κ1) is 20.7. The van der Waals surface area contributed by atoms with E-state index in [9.17, 15) is 19.5 Å². The summed E-state index contributed by atoms with van der Waals surface area (Å²) in [4.78, 5) is 36.8. The van der Waals surface area contributed by atoms with Gasteiger partial charge in [-0.1, -0.05) is 29.3 Å². The van der Waals surface area contributed by atoms with Crippen LogP contribution in [-0.4, -0.2) is 34.5 Å². The van der Waals surface area contributed by atoms with Gasteiger partial charge in [-0.3, -0.25) is 14.5 Å². The summed E-state index contributed by atoms with van der Waals surface area (Å²) < 4.78 is 5.08. The lowest BCUT2D eigenvalue weighted by Crippen LogP contribution is -2.31. The highest BCUT2D eigenvalue weighted by atomic mass is 35.5. The fraction of sp³-hybridized carbons (Fsp3) is 0.150. The summed E-state index contributed by atoms with van der Waals surface area (Å²) in [5.41, 5.74) is 0.701. The Balaban J connectivity index is 2.05. The third-order valence-corrected chi connectivity index (χ3v) is 4.88. The molecule has 0 fully saturated rings. The number of rotatable bonds is 6. The molecule has 1 heterocycles. The number of benzene rings is 2. The largest absolute Gasteiger partial charge is 0.503 e. The number of ether oxygens (including phenoxy) is 1. The van der Waals surface area contributed by atoms with E-state index < -0.39 is 36.1 Å². The van der Waals surface area contributed by atoms with Crippen LogP contribution in [0, 0.1) is 0 Å². The SMILES string of the molecule is CC(=O)C1=C(O)C(=O)N(c2ccc(OCC(=O)O)cc2)C1c1ccc(Cl)cc1Cl. The minimum atomic E-state index is -1.12. The number of amides is 1. The third-order valence-electron chi connectivity index (χ3n) is 4.32. The lowest BCUT2D eigenvalue weighted by molar-refractivity contribution is -0.139. The molecule has 29 heavy (non-hydrogen) atoms. The van der Waals surface area contributed by atoms with Crippen molar-refractivity contribution in [1.82, 2.24) is 0 Å². The Morgan fingerprint density at radius 3 is 2.34 bits per heavy atom. The summed E-state index contributed by atoms with van der Waals surface area (Å²) in [6.07, 6.45) is 0. The van der Waals surface area contributed by atoms with Crippen LogP contribution < -0.4 is 9.64 Å². The number of carbonyl (C=O) groups is 3. The van der Waals surface area contributed by atoms with Gasteiger partial charge >= 0.3 is 5.97 Å². The molecule has 2 aromatic rings. The zero-order chi connectivity index (χ0) is 21.3. The number of hydrogen-bond acceptors (Lipinski definition) is 5. The van der Waals surface area contributed by atoms with Gasteiger partial charge in [0.25, 0.3) is 5.91 Å². The molecule has 0 radical (unpaired) electrons. The molecule has 3 rings (SSSR count). The molecule has 7 nitrogen and oxygen atoms in total. The number of ketones is 1. The van der Waals surface area contributed by atoms with Gasteiger partial charge in [0.05, 0.1) is 11.6 Å². The van der Waals surface area contributed by atoms with Crippen molar-refractivity contribution in [3.8, 4) is 5.75 Å². The van der Waals surface area contributed by atoms with Crippen molar-refractivity contribution < 1.29 is 29.3 Å². The molecule has 9 heteroatoms. The van der Waals surface area contributed by atoms with E-state index in [4.69, 9.17) is 33.0 Å². The number of carboxylic acids is 1. The first-order valence-corrected chi connectivity index (χ1v) is 9.13. The molecule has 0 spiro atoms. The maximum absolute atomic E-state index is 12.8. The van der Waals surface area contributed by atoms with Crippen molar-refractivity contribution in [2.45, 2.75) is 13.0 Å². The number of halogens is 2. The van der Waals surface area contributed by atoms with Crippen LogP contribution in [-0.2, 0) is 14.4 Å². The van der Waals surface area contributed by atoms with Crippen molar-refractivity contribution in [3.05, 3.63) is 69.4 Å². The Morgan fingerprint density at radius 1 is 1.14 bits per heavy atom. The highest BCUT2D eigenvalue weighted by Gasteiger charge is 2.44. The zero-order valence-corrected chi connectivity index (χ0v) is 16.6. The Bertz CT molecular complexity index is 1030. The van der Waals surface area contributed by atoms with Crippen LogP contribution >= 0.6 is 23.2 Å². The van der Waals surface area contributed by atoms with Crippen molar-refractivity contribution in [2.75, 3.05) is 11.5 Å². The minimum absolute atomic E-state index is 0.0783. The van der Waals surface area contributed by atoms with E-state index in [-0.39, 0.29) is 16.3 Å². The van der Waals surface area contributed by atoms with E-state index >= 15 is 0 Å². The predicted molar refractivity (Wildman–Crippen MR) is 107 cm³/mol. The number of Topliss-reactive ketones (excluding diaryl/α,β-unsaturated/α-hetero) is 1. The van der Waals surface area contributed by atoms with Crippen LogP contribution in [0.1, 0.15) is 18.5 Å². The van der Waals surface area contributed by atoms with Crippen LogP contribution in [0.5, 0.6) is 5.75 Å². The van der Waals surface area contributed by atoms with Gasteiger partial charge in [0.1, 0.15) is 5.75 Å². The molecule has 1 unspecified atom stereocenters. The van der Waals surface area contributed by atoms with Crippen LogP contribution in [0.3, 0.4) is 0 Å². The number of aliphatic hydroxyl groups excluding tert-OH is 1. The van der Waals surface area contributed by atoms with Gasteiger partial charge in [0, 0.05) is 15.7 Å². The standard InChI is InChI=1S/C20H15Cl2NO6/c1-10(24)17-18(14-7-2-11(21)8-15(14)22)23(20(28)19(17)27)12-3-5-13(6-4-12)29-9-16(25)26/h2-8,18,27H,9H2,1H3,(H,25,26). The van der Waals surface area contributed by atoms with Crippen molar-refractivity contribution in [3.63, 3.8) is 0 Å². The van der Waals surface area contributed by atoms with Crippen LogP contribution in [0.4, 0.5) is 5.69 Å². The molecule has 0 aromatic heterocycles. The summed E-state index contributed by atoms with van der Waals surface area (Å²) >= 11 is 12.3.